The van der Waals surface area contributed by atoms with Gasteiger partial charge in [-0.3, -0.25) is 19.3 Å². The van der Waals surface area contributed by atoms with E-state index < -0.39 is 0 Å². The first-order valence-electron chi connectivity index (χ1n) is 8.63. The Balaban J connectivity index is 0.00000225. The van der Waals surface area contributed by atoms with Crippen LogP contribution in [0.25, 0.3) is 0 Å². The van der Waals surface area contributed by atoms with Gasteiger partial charge in [-0.25, -0.2) is 0 Å². The molecule has 0 unspecified atom stereocenters. The lowest BCUT2D eigenvalue weighted by Gasteiger charge is -2.29. The van der Waals surface area contributed by atoms with E-state index in [2.05, 4.69) is 5.32 Å². The number of hydrogen-bond acceptors (Lipinski definition) is 4. The van der Waals surface area contributed by atoms with Crippen molar-refractivity contribution in [2.75, 3.05) is 13.1 Å². The van der Waals surface area contributed by atoms with Crippen LogP contribution in [0.2, 0.25) is 0 Å². The molecule has 1 fully saturated rings. The van der Waals surface area contributed by atoms with E-state index in [4.69, 9.17) is 5.73 Å². The molecule has 136 valence electrons. The highest BCUT2D eigenvalue weighted by atomic mass is 35.5. The third-order valence-electron chi connectivity index (χ3n) is 4.79. The van der Waals surface area contributed by atoms with Crippen molar-refractivity contribution in [2.45, 2.75) is 44.6 Å². The first kappa shape index (κ1) is 19.4. The Kier molecular flexibility index (Phi) is 6.56. The Labute approximate surface area is 153 Å². The van der Waals surface area contributed by atoms with Crippen LogP contribution in [0, 0.1) is 0 Å². The van der Waals surface area contributed by atoms with Gasteiger partial charge in [0.1, 0.15) is 0 Å². The van der Waals surface area contributed by atoms with Gasteiger partial charge in [-0.1, -0.05) is 19.3 Å². The van der Waals surface area contributed by atoms with Gasteiger partial charge in [-0.2, -0.15) is 0 Å². The normalized spacial score (nSPS) is 17.2. The molecule has 0 spiro atoms. The zero-order valence-corrected chi connectivity index (χ0v) is 14.9. The number of halogens is 1. The molecule has 0 atom stereocenters. The first-order valence-corrected chi connectivity index (χ1v) is 8.63. The third-order valence-corrected chi connectivity index (χ3v) is 4.79. The fraction of sp³-hybridized carbons (Fsp3) is 0.500. The molecule has 0 saturated heterocycles. The van der Waals surface area contributed by atoms with Crippen LogP contribution in [-0.4, -0.2) is 41.8 Å². The van der Waals surface area contributed by atoms with Crippen LogP contribution in [0.1, 0.15) is 69.6 Å². The van der Waals surface area contributed by atoms with E-state index in [0.717, 1.165) is 32.1 Å². The summed E-state index contributed by atoms with van der Waals surface area (Å²) in [7, 11) is 0. The van der Waals surface area contributed by atoms with Crippen molar-refractivity contribution in [1.29, 1.82) is 0 Å². The molecule has 1 aromatic rings. The molecule has 1 aromatic carbocycles. The minimum Gasteiger partial charge on any atom is -0.352 e. The number of carbonyl (C=O) groups is 3. The number of rotatable bonds is 5. The van der Waals surface area contributed by atoms with Gasteiger partial charge >= 0.3 is 0 Å². The van der Waals surface area contributed by atoms with Crippen LogP contribution in [0.15, 0.2) is 18.2 Å². The largest absolute Gasteiger partial charge is 0.352 e. The Morgan fingerprint density at radius 2 is 1.80 bits per heavy atom. The lowest BCUT2D eigenvalue weighted by Crippen LogP contribution is -2.40. The zero-order valence-electron chi connectivity index (χ0n) is 14.1. The smallest absolute Gasteiger partial charge is 0.261 e. The van der Waals surface area contributed by atoms with Crippen molar-refractivity contribution in [3.8, 4) is 0 Å². The van der Waals surface area contributed by atoms with Crippen LogP contribution in [-0.2, 0) is 0 Å². The molecule has 3 amide bonds. The summed E-state index contributed by atoms with van der Waals surface area (Å²) in [6.45, 7) is 1.00. The summed E-state index contributed by atoms with van der Waals surface area (Å²) >= 11 is 0. The van der Waals surface area contributed by atoms with Gasteiger partial charge in [0.05, 0.1) is 11.1 Å². The molecule has 0 radical (unpaired) electrons. The zero-order chi connectivity index (χ0) is 17.1. The standard InChI is InChI=1S/C18H23N3O3.ClH/c19-9-4-10-20-16(22)12-7-8-14-15(11-12)18(24)21(17(14)23)13-5-2-1-3-6-13;/h7-8,11,13H,1-6,9-10,19H2,(H,20,22);1H. The first-order chi connectivity index (χ1) is 11.6. The van der Waals surface area contributed by atoms with Crippen molar-refractivity contribution in [3.63, 3.8) is 0 Å². The molecule has 0 bridgehead atoms. The molecule has 6 nitrogen and oxygen atoms in total. The average molecular weight is 366 g/mol. The van der Waals surface area contributed by atoms with Crippen molar-refractivity contribution >= 4 is 30.1 Å². The summed E-state index contributed by atoms with van der Waals surface area (Å²) in [5.41, 5.74) is 6.56. The molecule has 1 aliphatic carbocycles. The Morgan fingerprint density at radius 3 is 2.48 bits per heavy atom. The molecule has 3 rings (SSSR count). The summed E-state index contributed by atoms with van der Waals surface area (Å²) in [5, 5.41) is 2.76. The van der Waals surface area contributed by atoms with Gasteiger partial charge in [0.25, 0.3) is 17.7 Å². The number of hydrogen-bond donors (Lipinski definition) is 2. The second-order valence-electron chi connectivity index (χ2n) is 6.43. The topological polar surface area (TPSA) is 92.5 Å². The second-order valence-corrected chi connectivity index (χ2v) is 6.43. The molecule has 7 heteroatoms. The number of nitrogens with one attached hydrogen (secondary N) is 1. The number of nitrogens with two attached hydrogens (primary N) is 1. The number of amides is 3. The summed E-state index contributed by atoms with van der Waals surface area (Å²) in [5.74, 6) is -0.738. The van der Waals surface area contributed by atoms with Crippen molar-refractivity contribution in [3.05, 3.63) is 34.9 Å². The molecule has 1 aliphatic heterocycles. The Morgan fingerprint density at radius 1 is 1.12 bits per heavy atom. The van der Waals surface area contributed by atoms with Crippen molar-refractivity contribution in [2.24, 2.45) is 5.73 Å². The van der Waals surface area contributed by atoms with Gasteiger partial charge < -0.3 is 11.1 Å². The molecule has 1 heterocycles. The van der Waals surface area contributed by atoms with E-state index in [1.165, 1.54) is 11.0 Å². The number of benzene rings is 1. The lowest BCUT2D eigenvalue weighted by molar-refractivity contribution is 0.0549. The summed E-state index contributed by atoms with van der Waals surface area (Å²) < 4.78 is 0. The van der Waals surface area contributed by atoms with Crippen molar-refractivity contribution < 1.29 is 14.4 Å². The van der Waals surface area contributed by atoms with Crippen molar-refractivity contribution in [1.82, 2.24) is 10.2 Å². The maximum Gasteiger partial charge on any atom is 0.261 e. The monoisotopic (exact) mass is 365 g/mol. The van der Waals surface area contributed by atoms with E-state index in [1.54, 1.807) is 12.1 Å². The summed E-state index contributed by atoms with van der Waals surface area (Å²) in [4.78, 5) is 38.8. The van der Waals surface area contributed by atoms with E-state index in [1.807, 2.05) is 0 Å². The molecule has 0 aromatic heterocycles. The SMILES string of the molecule is Cl.NCCCNC(=O)c1ccc2c(c1)C(=O)N(C1CCCCC1)C2=O. The van der Waals surface area contributed by atoms with Crippen LogP contribution < -0.4 is 11.1 Å². The minimum atomic E-state index is -0.265. The molecule has 2 aliphatic rings. The van der Waals surface area contributed by atoms with E-state index >= 15 is 0 Å². The molecular formula is C18H24ClN3O3. The van der Waals surface area contributed by atoms with Gasteiger partial charge in [0.2, 0.25) is 0 Å². The maximum atomic E-state index is 12.7. The number of nitrogens with zero attached hydrogens (tertiary/aromatic N) is 1. The molecular weight excluding hydrogens is 342 g/mol. The van der Waals surface area contributed by atoms with Crippen LogP contribution in [0.3, 0.4) is 0 Å². The second kappa shape index (κ2) is 8.45. The highest BCUT2D eigenvalue weighted by Crippen LogP contribution is 2.31. The van der Waals surface area contributed by atoms with Gasteiger partial charge in [0, 0.05) is 18.2 Å². The molecule has 25 heavy (non-hydrogen) atoms. The lowest BCUT2D eigenvalue weighted by atomic mass is 9.94. The van der Waals surface area contributed by atoms with Gasteiger partial charge in [0.15, 0.2) is 0 Å². The van der Waals surface area contributed by atoms with Crippen LogP contribution in [0.5, 0.6) is 0 Å². The predicted molar refractivity (Wildman–Crippen MR) is 97.1 cm³/mol. The Hall–Kier alpha value is -1.92. The predicted octanol–water partition coefficient (Wildman–Crippen LogP) is 2.12. The number of fused-ring (bicyclic) bond motifs is 1. The summed E-state index contributed by atoms with van der Waals surface area (Å²) in [6.07, 6.45) is 5.70. The van der Waals surface area contributed by atoms with Crippen LogP contribution >= 0.6 is 12.4 Å². The molecule has 1 saturated carbocycles. The highest BCUT2D eigenvalue weighted by Gasteiger charge is 2.40. The van der Waals surface area contributed by atoms with Crippen LogP contribution in [0.4, 0.5) is 0 Å². The fourth-order valence-electron chi connectivity index (χ4n) is 3.48. The minimum absolute atomic E-state index is 0. The average Bonchev–Trinajstić information content (AvgIpc) is 2.86. The van der Waals surface area contributed by atoms with E-state index in [-0.39, 0.29) is 36.2 Å². The van der Waals surface area contributed by atoms with E-state index in [0.29, 0.717) is 36.2 Å². The highest BCUT2D eigenvalue weighted by molar-refractivity contribution is 6.22. The molecule has 3 N–H and O–H groups in total. The third kappa shape index (κ3) is 3.85. The summed E-state index contributed by atoms with van der Waals surface area (Å²) in [6, 6.07) is 4.73. The number of carbonyl (C=O) groups excluding carboxylic acids is 3. The van der Waals surface area contributed by atoms with Gasteiger partial charge in [-0.15, -0.1) is 12.4 Å². The number of imide groups is 1. The van der Waals surface area contributed by atoms with Gasteiger partial charge in [-0.05, 0) is 44.0 Å². The fourth-order valence-corrected chi connectivity index (χ4v) is 3.48. The van der Waals surface area contributed by atoms with E-state index in [9.17, 15) is 14.4 Å². The Bertz CT molecular complexity index is 672. The maximum absolute atomic E-state index is 12.7. The quantitative estimate of drug-likeness (QED) is 0.617.